The largest absolute Gasteiger partial charge is 0.466 e. The molecule has 0 radical (unpaired) electrons. The highest BCUT2D eigenvalue weighted by Crippen LogP contribution is 2.28. The van der Waals surface area contributed by atoms with Gasteiger partial charge >= 0.3 is 5.97 Å². The number of hydrogen-bond donors (Lipinski definition) is 0. The second-order valence-electron chi connectivity index (χ2n) is 5.39. The first kappa shape index (κ1) is 14.3. The highest BCUT2D eigenvalue weighted by Gasteiger charge is 2.29. The quantitative estimate of drug-likeness (QED) is 0.680. The van der Waals surface area contributed by atoms with Crippen LogP contribution in [0.1, 0.15) is 32.6 Å². The summed E-state index contributed by atoms with van der Waals surface area (Å²) in [6, 6.07) is 0. The van der Waals surface area contributed by atoms with Crippen molar-refractivity contribution in [2.24, 2.45) is 11.8 Å². The molecule has 1 aliphatic heterocycles. The van der Waals surface area contributed by atoms with E-state index in [9.17, 15) is 9.59 Å². The van der Waals surface area contributed by atoms with E-state index < -0.39 is 0 Å². The Balaban J connectivity index is 1.72. The van der Waals surface area contributed by atoms with E-state index in [1.807, 2.05) is 0 Å². The van der Waals surface area contributed by atoms with E-state index in [1.54, 1.807) is 11.8 Å². The van der Waals surface area contributed by atoms with Gasteiger partial charge in [0, 0.05) is 13.1 Å². The minimum absolute atomic E-state index is 0.00496. The topological polar surface area (TPSA) is 55.8 Å². The van der Waals surface area contributed by atoms with E-state index in [0.717, 1.165) is 19.4 Å². The first-order chi connectivity index (χ1) is 9.20. The van der Waals surface area contributed by atoms with Crippen molar-refractivity contribution in [3.05, 3.63) is 0 Å². The Morgan fingerprint density at radius 1 is 1.26 bits per heavy atom. The van der Waals surface area contributed by atoms with Crippen molar-refractivity contribution in [3.8, 4) is 0 Å². The lowest BCUT2D eigenvalue weighted by Gasteiger charge is -2.31. The molecule has 5 nitrogen and oxygen atoms in total. The summed E-state index contributed by atoms with van der Waals surface area (Å²) in [6.45, 7) is 4.24. The molecule has 0 aromatic rings. The van der Waals surface area contributed by atoms with Gasteiger partial charge in [0.2, 0.25) is 5.91 Å². The molecule has 2 rings (SSSR count). The maximum absolute atomic E-state index is 12.0. The molecule has 2 fully saturated rings. The summed E-state index contributed by atoms with van der Waals surface area (Å²) in [7, 11) is 0. The van der Waals surface area contributed by atoms with Gasteiger partial charge in [0.15, 0.2) is 0 Å². The predicted molar refractivity (Wildman–Crippen MR) is 69.5 cm³/mol. The molecule has 0 aromatic heterocycles. The number of rotatable bonds is 6. The summed E-state index contributed by atoms with van der Waals surface area (Å²) >= 11 is 0. The predicted octanol–water partition coefficient (Wildman–Crippen LogP) is 1.21. The van der Waals surface area contributed by atoms with Crippen LogP contribution in [0.2, 0.25) is 0 Å². The molecule has 2 aliphatic rings. The summed E-state index contributed by atoms with van der Waals surface area (Å²) in [4.78, 5) is 25.4. The van der Waals surface area contributed by atoms with Gasteiger partial charge in [-0.25, -0.2) is 0 Å². The summed E-state index contributed by atoms with van der Waals surface area (Å²) in [5.41, 5.74) is 0. The fourth-order valence-electron chi connectivity index (χ4n) is 2.34. The highest BCUT2D eigenvalue weighted by molar-refractivity contribution is 5.79. The van der Waals surface area contributed by atoms with Crippen molar-refractivity contribution >= 4 is 11.9 Å². The zero-order valence-electron chi connectivity index (χ0n) is 11.6. The molecule has 1 heterocycles. The van der Waals surface area contributed by atoms with Gasteiger partial charge in [0.25, 0.3) is 0 Å². The maximum atomic E-state index is 12.0. The first-order valence-electron chi connectivity index (χ1n) is 7.23. The van der Waals surface area contributed by atoms with Crippen molar-refractivity contribution in [3.63, 3.8) is 0 Å². The number of likely N-dealkylation sites (tertiary alicyclic amines) is 1. The summed E-state index contributed by atoms with van der Waals surface area (Å²) in [6.07, 6.45) is 4.12. The lowest BCUT2D eigenvalue weighted by atomic mass is 9.98. The van der Waals surface area contributed by atoms with E-state index in [2.05, 4.69) is 0 Å². The molecule has 0 spiro atoms. The van der Waals surface area contributed by atoms with Gasteiger partial charge in [-0.05, 0) is 38.5 Å². The van der Waals surface area contributed by atoms with E-state index in [-0.39, 0.29) is 24.4 Å². The second-order valence-corrected chi connectivity index (χ2v) is 5.39. The van der Waals surface area contributed by atoms with Crippen molar-refractivity contribution in [2.45, 2.75) is 32.6 Å². The maximum Gasteiger partial charge on any atom is 0.310 e. The first-order valence-corrected chi connectivity index (χ1v) is 7.23. The molecule has 0 bridgehead atoms. The van der Waals surface area contributed by atoms with Crippen LogP contribution in [0, 0.1) is 11.8 Å². The third-order valence-electron chi connectivity index (χ3n) is 3.67. The lowest BCUT2D eigenvalue weighted by Crippen LogP contribution is -2.44. The van der Waals surface area contributed by atoms with Gasteiger partial charge in [0.1, 0.15) is 6.61 Å². The van der Waals surface area contributed by atoms with E-state index in [0.29, 0.717) is 25.7 Å². The normalized spacial score (nSPS) is 23.2. The average Bonchev–Trinajstić information content (AvgIpc) is 3.23. The monoisotopic (exact) mass is 269 g/mol. The number of carbonyl (C=O) groups is 2. The van der Waals surface area contributed by atoms with Crippen LogP contribution in [0.5, 0.6) is 0 Å². The molecule has 1 saturated carbocycles. The second kappa shape index (κ2) is 6.89. The van der Waals surface area contributed by atoms with Crippen LogP contribution in [0.15, 0.2) is 0 Å². The van der Waals surface area contributed by atoms with E-state index in [4.69, 9.17) is 9.47 Å². The van der Waals surface area contributed by atoms with Crippen LogP contribution >= 0.6 is 0 Å². The van der Waals surface area contributed by atoms with Crippen LogP contribution < -0.4 is 0 Å². The van der Waals surface area contributed by atoms with Gasteiger partial charge < -0.3 is 14.4 Å². The summed E-state index contributed by atoms with van der Waals surface area (Å²) in [5, 5.41) is 0. The smallest absolute Gasteiger partial charge is 0.310 e. The van der Waals surface area contributed by atoms with Crippen LogP contribution in [0.4, 0.5) is 0 Å². The number of nitrogens with zero attached hydrogens (tertiary/aromatic N) is 1. The van der Waals surface area contributed by atoms with Gasteiger partial charge in [-0.2, -0.15) is 0 Å². The molecule has 108 valence electrons. The Morgan fingerprint density at radius 2 is 2.05 bits per heavy atom. The zero-order chi connectivity index (χ0) is 13.7. The zero-order valence-corrected chi connectivity index (χ0v) is 11.6. The third kappa shape index (κ3) is 4.49. The number of carbonyl (C=O) groups excluding carboxylic acids is 2. The van der Waals surface area contributed by atoms with Crippen molar-refractivity contribution in [2.75, 3.05) is 32.9 Å². The van der Waals surface area contributed by atoms with Gasteiger partial charge in [-0.15, -0.1) is 0 Å². The fourth-order valence-corrected chi connectivity index (χ4v) is 2.34. The molecule has 1 amide bonds. The molecule has 0 N–H and O–H groups in total. The number of ether oxygens (including phenoxy) is 2. The number of amides is 1. The molecule has 5 heteroatoms. The molecule has 1 saturated heterocycles. The SMILES string of the molecule is CCOC(=O)C1CCCN(C(=O)COCC2CC2)C1. The average molecular weight is 269 g/mol. The molecular formula is C14H23NO4. The number of hydrogen-bond acceptors (Lipinski definition) is 4. The summed E-state index contributed by atoms with van der Waals surface area (Å²) < 4.78 is 10.4. The Hall–Kier alpha value is -1.10. The van der Waals surface area contributed by atoms with Crippen molar-refractivity contribution < 1.29 is 19.1 Å². The molecule has 1 atom stereocenters. The van der Waals surface area contributed by atoms with Crippen LogP contribution in [0.25, 0.3) is 0 Å². The highest BCUT2D eigenvalue weighted by atomic mass is 16.5. The number of piperidine rings is 1. The third-order valence-corrected chi connectivity index (χ3v) is 3.67. The van der Waals surface area contributed by atoms with Crippen LogP contribution in [-0.2, 0) is 19.1 Å². The minimum Gasteiger partial charge on any atom is -0.466 e. The molecule has 1 unspecified atom stereocenters. The van der Waals surface area contributed by atoms with Gasteiger partial charge in [-0.1, -0.05) is 0 Å². The standard InChI is InChI=1S/C14H23NO4/c1-2-19-14(17)12-4-3-7-15(8-12)13(16)10-18-9-11-5-6-11/h11-12H,2-10H2,1H3. The van der Waals surface area contributed by atoms with Crippen molar-refractivity contribution in [1.29, 1.82) is 0 Å². The molecule has 1 aliphatic carbocycles. The fraction of sp³-hybridized carbons (Fsp3) is 0.857. The molecule has 19 heavy (non-hydrogen) atoms. The number of esters is 1. The minimum atomic E-state index is -0.182. The van der Waals surface area contributed by atoms with Crippen LogP contribution in [0.3, 0.4) is 0 Å². The lowest BCUT2D eigenvalue weighted by molar-refractivity contribution is -0.152. The van der Waals surface area contributed by atoms with Gasteiger partial charge in [-0.3, -0.25) is 9.59 Å². The summed E-state index contributed by atoms with van der Waals surface area (Å²) in [5.74, 6) is 0.316. The van der Waals surface area contributed by atoms with Gasteiger partial charge in [0.05, 0.1) is 19.1 Å². The molecular weight excluding hydrogens is 246 g/mol. The Bertz CT molecular complexity index is 327. The van der Waals surface area contributed by atoms with Crippen LogP contribution in [-0.4, -0.2) is 49.7 Å². The van der Waals surface area contributed by atoms with Crippen molar-refractivity contribution in [1.82, 2.24) is 4.90 Å². The molecule has 0 aromatic carbocycles. The van der Waals surface area contributed by atoms with E-state index >= 15 is 0 Å². The Labute approximate surface area is 114 Å². The Morgan fingerprint density at radius 3 is 2.74 bits per heavy atom. The Kier molecular flexibility index (Phi) is 5.19. The van der Waals surface area contributed by atoms with E-state index in [1.165, 1.54) is 12.8 Å².